The van der Waals surface area contributed by atoms with Gasteiger partial charge in [0.1, 0.15) is 5.75 Å². The monoisotopic (exact) mass is 293 g/mol. The van der Waals surface area contributed by atoms with Crippen molar-refractivity contribution in [3.8, 4) is 17.1 Å². The van der Waals surface area contributed by atoms with Crippen molar-refractivity contribution in [3.05, 3.63) is 71.9 Å². The van der Waals surface area contributed by atoms with Crippen molar-refractivity contribution in [1.29, 1.82) is 0 Å². The van der Waals surface area contributed by atoms with E-state index < -0.39 is 0 Å². The van der Waals surface area contributed by atoms with Gasteiger partial charge in [0.05, 0.1) is 19.2 Å². The van der Waals surface area contributed by atoms with Crippen molar-refractivity contribution in [1.82, 2.24) is 5.16 Å². The fourth-order valence-electron chi connectivity index (χ4n) is 2.18. The van der Waals surface area contributed by atoms with Crippen molar-refractivity contribution in [3.63, 3.8) is 0 Å². The van der Waals surface area contributed by atoms with E-state index >= 15 is 0 Å². The van der Waals surface area contributed by atoms with Gasteiger partial charge in [-0.2, -0.15) is 0 Å². The standard InChI is InChI=1S/C18H15NO3/c1-21-16-9-7-14(8-10-16)18-12-15(19-22-18)11-17(20)13-5-3-2-4-6-13/h2-10,12H,11H2,1H3. The van der Waals surface area contributed by atoms with Crippen molar-refractivity contribution in [2.45, 2.75) is 6.42 Å². The summed E-state index contributed by atoms with van der Waals surface area (Å²) in [6.07, 6.45) is 0.226. The average Bonchev–Trinajstić information content (AvgIpc) is 3.04. The summed E-state index contributed by atoms with van der Waals surface area (Å²) >= 11 is 0. The second-order valence-corrected chi connectivity index (χ2v) is 4.88. The third kappa shape index (κ3) is 3.06. The zero-order chi connectivity index (χ0) is 15.4. The molecule has 0 spiro atoms. The topological polar surface area (TPSA) is 52.3 Å². The molecule has 2 aromatic carbocycles. The van der Waals surface area contributed by atoms with E-state index in [1.807, 2.05) is 42.5 Å². The molecule has 4 heteroatoms. The Bertz CT molecular complexity index is 761. The summed E-state index contributed by atoms with van der Waals surface area (Å²) < 4.78 is 10.4. The Morgan fingerprint density at radius 3 is 2.50 bits per heavy atom. The Balaban J connectivity index is 1.74. The zero-order valence-corrected chi connectivity index (χ0v) is 12.2. The quantitative estimate of drug-likeness (QED) is 0.672. The Hall–Kier alpha value is -2.88. The van der Waals surface area contributed by atoms with E-state index in [2.05, 4.69) is 5.16 Å². The summed E-state index contributed by atoms with van der Waals surface area (Å²) in [5.74, 6) is 1.44. The van der Waals surface area contributed by atoms with Crippen LogP contribution in [0.4, 0.5) is 0 Å². The normalized spacial score (nSPS) is 10.4. The number of Topliss-reactive ketones (excluding diaryl/α,β-unsaturated/α-hetero) is 1. The molecule has 0 fully saturated rings. The van der Waals surface area contributed by atoms with Crippen LogP contribution in [-0.2, 0) is 6.42 Å². The molecule has 0 atom stereocenters. The maximum atomic E-state index is 12.1. The Morgan fingerprint density at radius 1 is 1.09 bits per heavy atom. The van der Waals surface area contributed by atoms with Crippen LogP contribution >= 0.6 is 0 Å². The van der Waals surface area contributed by atoms with E-state index in [-0.39, 0.29) is 12.2 Å². The molecule has 0 N–H and O–H groups in total. The SMILES string of the molecule is COc1ccc(-c2cc(CC(=O)c3ccccc3)no2)cc1. The lowest BCUT2D eigenvalue weighted by molar-refractivity contribution is 0.0991. The number of ketones is 1. The maximum Gasteiger partial charge on any atom is 0.168 e. The first-order valence-electron chi connectivity index (χ1n) is 6.94. The number of benzene rings is 2. The lowest BCUT2D eigenvalue weighted by atomic mass is 10.1. The van der Waals surface area contributed by atoms with Crippen molar-refractivity contribution in [2.24, 2.45) is 0 Å². The predicted octanol–water partition coefficient (Wildman–Crippen LogP) is 3.78. The molecular weight excluding hydrogens is 278 g/mol. The first kappa shape index (κ1) is 14.1. The highest BCUT2D eigenvalue weighted by Gasteiger charge is 2.12. The highest BCUT2D eigenvalue weighted by atomic mass is 16.5. The molecule has 0 aliphatic heterocycles. The van der Waals surface area contributed by atoms with Crippen molar-refractivity contribution < 1.29 is 14.1 Å². The van der Waals surface area contributed by atoms with E-state index in [0.29, 0.717) is 17.0 Å². The molecule has 0 amide bonds. The van der Waals surface area contributed by atoms with Crippen LogP contribution in [-0.4, -0.2) is 18.0 Å². The fraction of sp³-hybridized carbons (Fsp3) is 0.111. The van der Waals surface area contributed by atoms with E-state index in [0.717, 1.165) is 11.3 Å². The molecule has 0 aliphatic rings. The number of aromatic nitrogens is 1. The molecule has 1 aromatic heterocycles. The summed E-state index contributed by atoms with van der Waals surface area (Å²) in [5, 5.41) is 3.97. The van der Waals surface area contributed by atoms with Gasteiger partial charge in [-0.05, 0) is 24.3 Å². The number of methoxy groups -OCH3 is 1. The van der Waals surface area contributed by atoms with E-state index in [9.17, 15) is 4.79 Å². The number of carbonyl (C=O) groups is 1. The summed E-state index contributed by atoms with van der Waals surface area (Å²) in [6, 6.07) is 18.5. The van der Waals surface area contributed by atoms with Gasteiger partial charge in [0.15, 0.2) is 11.5 Å². The number of ether oxygens (including phenoxy) is 1. The van der Waals surface area contributed by atoms with Crippen LogP contribution in [0.25, 0.3) is 11.3 Å². The minimum Gasteiger partial charge on any atom is -0.497 e. The molecule has 1 heterocycles. The second-order valence-electron chi connectivity index (χ2n) is 4.88. The van der Waals surface area contributed by atoms with Gasteiger partial charge in [-0.3, -0.25) is 4.79 Å². The highest BCUT2D eigenvalue weighted by Crippen LogP contribution is 2.23. The Kier molecular flexibility index (Phi) is 4.01. The molecule has 3 rings (SSSR count). The average molecular weight is 293 g/mol. The minimum atomic E-state index is 0.0233. The number of hydrogen-bond acceptors (Lipinski definition) is 4. The van der Waals surface area contributed by atoms with Crippen LogP contribution in [0.5, 0.6) is 5.75 Å². The van der Waals surface area contributed by atoms with Gasteiger partial charge < -0.3 is 9.26 Å². The molecular formula is C18H15NO3. The molecule has 0 saturated carbocycles. The first-order valence-corrected chi connectivity index (χ1v) is 6.94. The largest absolute Gasteiger partial charge is 0.497 e. The molecule has 110 valence electrons. The third-order valence-corrected chi connectivity index (χ3v) is 3.37. The molecule has 0 unspecified atom stereocenters. The Morgan fingerprint density at radius 2 is 1.82 bits per heavy atom. The number of rotatable bonds is 5. The predicted molar refractivity (Wildman–Crippen MR) is 83.0 cm³/mol. The van der Waals surface area contributed by atoms with Gasteiger partial charge in [-0.1, -0.05) is 35.5 Å². The van der Waals surface area contributed by atoms with Crippen LogP contribution in [0.2, 0.25) is 0 Å². The van der Waals surface area contributed by atoms with Crippen LogP contribution in [0, 0.1) is 0 Å². The van der Waals surface area contributed by atoms with Crippen LogP contribution < -0.4 is 4.74 Å². The van der Waals surface area contributed by atoms with Gasteiger partial charge in [0, 0.05) is 17.2 Å². The number of nitrogens with zero attached hydrogens (tertiary/aromatic N) is 1. The van der Waals surface area contributed by atoms with Gasteiger partial charge in [-0.15, -0.1) is 0 Å². The van der Waals surface area contributed by atoms with Gasteiger partial charge in [0.25, 0.3) is 0 Å². The van der Waals surface area contributed by atoms with Gasteiger partial charge >= 0.3 is 0 Å². The molecule has 0 bridgehead atoms. The van der Waals surface area contributed by atoms with Crippen LogP contribution in [0.1, 0.15) is 16.1 Å². The van der Waals surface area contributed by atoms with Crippen LogP contribution in [0.15, 0.2) is 65.2 Å². The molecule has 3 aromatic rings. The molecule has 0 saturated heterocycles. The fourth-order valence-corrected chi connectivity index (χ4v) is 2.18. The highest BCUT2D eigenvalue weighted by molar-refractivity contribution is 5.97. The zero-order valence-electron chi connectivity index (χ0n) is 12.2. The van der Waals surface area contributed by atoms with Gasteiger partial charge in [0.2, 0.25) is 0 Å². The summed E-state index contributed by atoms with van der Waals surface area (Å²) in [5.41, 5.74) is 2.20. The lowest BCUT2D eigenvalue weighted by Gasteiger charge is -1.99. The second kappa shape index (κ2) is 6.26. The molecule has 4 nitrogen and oxygen atoms in total. The number of hydrogen-bond donors (Lipinski definition) is 0. The summed E-state index contributed by atoms with van der Waals surface area (Å²) in [4.78, 5) is 12.1. The van der Waals surface area contributed by atoms with Crippen molar-refractivity contribution >= 4 is 5.78 Å². The number of carbonyl (C=O) groups excluding carboxylic acids is 1. The van der Waals surface area contributed by atoms with Crippen molar-refractivity contribution in [2.75, 3.05) is 7.11 Å². The third-order valence-electron chi connectivity index (χ3n) is 3.37. The maximum absolute atomic E-state index is 12.1. The molecule has 0 radical (unpaired) electrons. The summed E-state index contributed by atoms with van der Waals surface area (Å²) in [6.45, 7) is 0. The molecule has 0 aliphatic carbocycles. The Labute approximate surface area is 128 Å². The van der Waals surface area contributed by atoms with Crippen LogP contribution in [0.3, 0.4) is 0 Å². The van der Waals surface area contributed by atoms with E-state index in [1.165, 1.54) is 0 Å². The molecule has 22 heavy (non-hydrogen) atoms. The minimum absolute atomic E-state index is 0.0233. The van der Waals surface area contributed by atoms with E-state index in [4.69, 9.17) is 9.26 Å². The van der Waals surface area contributed by atoms with Gasteiger partial charge in [-0.25, -0.2) is 0 Å². The smallest absolute Gasteiger partial charge is 0.168 e. The first-order chi connectivity index (χ1) is 10.8. The van der Waals surface area contributed by atoms with E-state index in [1.54, 1.807) is 25.3 Å². The summed E-state index contributed by atoms with van der Waals surface area (Å²) in [7, 11) is 1.62. The lowest BCUT2D eigenvalue weighted by Crippen LogP contribution is -2.03.